The van der Waals surface area contributed by atoms with Gasteiger partial charge in [0.25, 0.3) is 5.56 Å². The van der Waals surface area contributed by atoms with Crippen molar-refractivity contribution in [1.29, 1.82) is 0 Å². The Bertz CT molecular complexity index is 2110. The largest absolute Gasteiger partial charge is 0.497 e. The first-order valence-electron chi connectivity index (χ1n) is 13.6. The lowest BCUT2D eigenvalue weighted by atomic mass is 9.83. The van der Waals surface area contributed by atoms with Gasteiger partial charge in [-0.1, -0.05) is 53.8 Å². The monoisotopic (exact) mass is 574 g/mol. The highest BCUT2D eigenvalue weighted by molar-refractivity contribution is 7.07. The van der Waals surface area contributed by atoms with Crippen LogP contribution in [0, 0.1) is 6.92 Å². The number of carboxylic acid groups (broad SMARTS) is 1. The van der Waals surface area contributed by atoms with Crippen LogP contribution in [0.1, 0.15) is 50.8 Å². The van der Waals surface area contributed by atoms with Gasteiger partial charge < -0.3 is 14.3 Å². The van der Waals surface area contributed by atoms with Crippen LogP contribution in [0.25, 0.3) is 23.1 Å². The van der Waals surface area contributed by atoms with Crippen molar-refractivity contribution in [2.75, 3.05) is 7.11 Å². The Kier molecular flexibility index (Phi) is 6.28. The number of rotatable bonds is 5. The van der Waals surface area contributed by atoms with Crippen LogP contribution in [0.15, 0.2) is 98.6 Å². The molecule has 0 fully saturated rings. The van der Waals surface area contributed by atoms with Crippen molar-refractivity contribution in [3.05, 3.63) is 138 Å². The summed E-state index contributed by atoms with van der Waals surface area (Å²) in [6.07, 6.45) is 3.45. The molecule has 0 amide bonds. The van der Waals surface area contributed by atoms with E-state index in [1.807, 2.05) is 49.4 Å². The molecule has 2 aliphatic rings. The van der Waals surface area contributed by atoms with Crippen LogP contribution >= 0.6 is 11.3 Å². The summed E-state index contributed by atoms with van der Waals surface area (Å²) in [5, 5.41) is 9.29. The van der Waals surface area contributed by atoms with E-state index < -0.39 is 5.97 Å². The van der Waals surface area contributed by atoms with Gasteiger partial charge in [0, 0.05) is 17.2 Å². The molecule has 1 aliphatic heterocycles. The summed E-state index contributed by atoms with van der Waals surface area (Å²) < 4.78 is 14.0. The van der Waals surface area contributed by atoms with E-state index in [2.05, 4.69) is 18.2 Å². The molecule has 1 N–H and O–H groups in total. The van der Waals surface area contributed by atoms with Crippen molar-refractivity contribution in [2.24, 2.45) is 4.99 Å². The number of aryl methyl sites for hydroxylation is 2. The molecular formula is C34H26N2O5S. The molecule has 0 spiro atoms. The molecule has 0 saturated carbocycles. The van der Waals surface area contributed by atoms with E-state index >= 15 is 0 Å². The third-order valence-corrected chi connectivity index (χ3v) is 8.90. The SMILES string of the molecule is COc1cccc(C2C3=C(N=c4s/c(=C\c5ccc(-c6ccc(C(=O)O)cc6C)o5)c(=O)n42)c2ccccc2CC3)c1. The van der Waals surface area contributed by atoms with Gasteiger partial charge >= 0.3 is 5.97 Å². The number of furan rings is 1. The Morgan fingerprint density at radius 2 is 1.90 bits per heavy atom. The highest BCUT2D eigenvalue weighted by Gasteiger charge is 2.32. The van der Waals surface area contributed by atoms with Crippen LogP contribution in [0.5, 0.6) is 5.75 Å². The maximum absolute atomic E-state index is 14.0. The van der Waals surface area contributed by atoms with Crippen molar-refractivity contribution >= 4 is 29.1 Å². The maximum Gasteiger partial charge on any atom is 0.335 e. The predicted molar refractivity (Wildman–Crippen MR) is 162 cm³/mol. The molecule has 3 heterocycles. The first kappa shape index (κ1) is 26.0. The maximum atomic E-state index is 14.0. The number of nitrogens with zero attached hydrogens (tertiary/aromatic N) is 2. The number of benzene rings is 3. The molecule has 0 bridgehead atoms. The molecule has 5 aromatic rings. The molecule has 3 aromatic carbocycles. The van der Waals surface area contributed by atoms with Gasteiger partial charge in [-0.2, -0.15) is 0 Å². The van der Waals surface area contributed by atoms with Crippen LogP contribution in [-0.2, 0) is 6.42 Å². The fraction of sp³-hybridized carbons (Fsp3) is 0.147. The van der Waals surface area contributed by atoms with Crippen molar-refractivity contribution < 1.29 is 19.1 Å². The van der Waals surface area contributed by atoms with Crippen molar-refractivity contribution in [3.63, 3.8) is 0 Å². The second kappa shape index (κ2) is 10.2. The molecule has 208 valence electrons. The smallest absolute Gasteiger partial charge is 0.335 e. The Balaban J connectivity index is 1.37. The number of hydrogen-bond acceptors (Lipinski definition) is 6. The number of aromatic nitrogens is 1. The summed E-state index contributed by atoms with van der Waals surface area (Å²) in [5.41, 5.74) is 7.10. The van der Waals surface area contributed by atoms with Gasteiger partial charge in [-0.3, -0.25) is 9.36 Å². The Labute approximate surface area is 245 Å². The van der Waals surface area contributed by atoms with Crippen LogP contribution in [0.3, 0.4) is 0 Å². The quantitative estimate of drug-likeness (QED) is 0.295. The van der Waals surface area contributed by atoms with Crippen molar-refractivity contribution in [3.8, 4) is 17.1 Å². The summed E-state index contributed by atoms with van der Waals surface area (Å²) in [4.78, 5) is 31.1. The third-order valence-electron chi connectivity index (χ3n) is 7.92. The summed E-state index contributed by atoms with van der Waals surface area (Å²) >= 11 is 1.35. The number of methoxy groups -OCH3 is 1. The molecule has 7 nitrogen and oxygen atoms in total. The summed E-state index contributed by atoms with van der Waals surface area (Å²) in [6.45, 7) is 1.85. The van der Waals surface area contributed by atoms with Gasteiger partial charge in [-0.05, 0) is 78.4 Å². The van der Waals surface area contributed by atoms with E-state index in [1.54, 1.807) is 36.0 Å². The molecular weight excluding hydrogens is 548 g/mol. The molecule has 42 heavy (non-hydrogen) atoms. The minimum Gasteiger partial charge on any atom is -0.497 e. The van der Waals surface area contributed by atoms with E-state index in [4.69, 9.17) is 14.1 Å². The molecule has 0 radical (unpaired) electrons. The van der Waals surface area contributed by atoms with Gasteiger partial charge in [0.15, 0.2) is 4.80 Å². The average Bonchev–Trinajstić information content (AvgIpc) is 3.59. The summed E-state index contributed by atoms with van der Waals surface area (Å²) in [7, 11) is 1.64. The average molecular weight is 575 g/mol. The molecule has 1 atom stereocenters. The summed E-state index contributed by atoms with van der Waals surface area (Å²) in [5.74, 6) is 0.895. The molecule has 1 unspecified atom stereocenters. The van der Waals surface area contributed by atoms with Gasteiger partial charge in [0.05, 0.1) is 28.9 Å². The second-order valence-corrected chi connectivity index (χ2v) is 11.4. The van der Waals surface area contributed by atoms with E-state index in [-0.39, 0.29) is 17.2 Å². The standard InChI is InChI=1S/C34H26N2O5S/c1-19-16-22(33(38)39)11-13-25(19)28-15-12-24(41-28)18-29-32(37)36-31(21-7-5-8-23(17-21)40-2)27-14-10-20-6-3-4-9-26(20)30(27)35-34(36)42-29/h3-9,11-13,15-18,31H,10,14H2,1-2H3,(H,38,39)/b29-18-. The predicted octanol–water partition coefficient (Wildman–Crippen LogP) is 5.59. The Morgan fingerprint density at radius 3 is 2.71 bits per heavy atom. The Morgan fingerprint density at radius 1 is 1.05 bits per heavy atom. The van der Waals surface area contributed by atoms with E-state index in [0.29, 0.717) is 20.9 Å². The number of thiazole rings is 1. The molecule has 2 aromatic heterocycles. The van der Waals surface area contributed by atoms with Crippen LogP contribution < -0.4 is 19.6 Å². The van der Waals surface area contributed by atoms with Gasteiger partial charge in [0.1, 0.15) is 17.3 Å². The lowest BCUT2D eigenvalue weighted by Crippen LogP contribution is -2.38. The zero-order valence-electron chi connectivity index (χ0n) is 23.0. The molecule has 8 heteroatoms. The third kappa shape index (κ3) is 4.31. The molecule has 1 aliphatic carbocycles. The van der Waals surface area contributed by atoms with Crippen molar-refractivity contribution in [2.45, 2.75) is 25.8 Å². The van der Waals surface area contributed by atoms with Crippen LogP contribution in [-0.4, -0.2) is 22.8 Å². The number of aromatic carboxylic acids is 1. The number of fused-ring (bicyclic) bond motifs is 3. The fourth-order valence-electron chi connectivity index (χ4n) is 5.91. The minimum atomic E-state index is -0.974. The lowest BCUT2D eigenvalue weighted by Gasteiger charge is -2.31. The van der Waals surface area contributed by atoms with Gasteiger partial charge in [-0.25, -0.2) is 9.79 Å². The topological polar surface area (TPSA) is 94.0 Å². The highest BCUT2D eigenvalue weighted by Crippen LogP contribution is 2.41. The Hall–Kier alpha value is -4.95. The number of carbonyl (C=O) groups is 1. The minimum absolute atomic E-state index is 0.128. The van der Waals surface area contributed by atoms with E-state index in [1.165, 1.54) is 16.9 Å². The van der Waals surface area contributed by atoms with Crippen LogP contribution in [0.4, 0.5) is 0 Å². The van der Waals surface area contributed by atoms with Crippen LogP contribution in [0.2, 0.25) is 0 Å². The number of hydrogen-bond donors (Lipinski definition) is 1. The number of allylic oxidation sites excluding steroid dienone is 1. The second-order valence-electron chi connectivity index (χ2n) is 10.4. The van der Waals surface area contributed by atoms with Gasteiger partial charge in [0.2, 0.25) is 0 Å². The number of carboxylic acids is 1. The zero-order chi connectivity index (χ0) is 29.0. The van der Waals surface area contributed by atoms with E-state index in [0.717, 1.165) is 52.1 Å². The highest BCUT2D eigenvalue weighted by atomic mass is 32.1. The molecule has 7 rings (SSSR count). The lowest BCUT2D eigenvalue weighted by molar-refractivity contribution is 0.0696. The normalized spacial score (nSPS) is 16.0. The van der Waals surface area contributed by atoms with Crippen molar-refractivity contribution in [1.82, 2.24) is 4.57 Å². The first-order chi connectivity index (χ1) is 20.4. The molecule has 0 saturated heterocycles. The first-order valence-corrected chi connectivity index (χ1v) is 14.4. The summed E-state index contributed by atoms with van der Waals surface area (Å²) in [6, 6.07) is 24.5. The fourth-order valence-corrected chi connectivity index (χ4v) is 6.89. The van der Waals surface area contributed by atoms with E-state index in [9.17, 15) is 14.7 Å². The zero-order valence-corrected chi connectivity index (χ0v) is 23.8. The van der Waals surface area contributed by atoms with Gasteiger partial charge in [-0.15, -0.1) is 0 Å². The number of ether oxygens (including phenoxy) is 1.